The van der Waals surface area contributed by atoms with Crippen LogP contribution in [0.25, 0.3) is 0 Å². The standard InChI is InChI=1S/C13H19N3O3/c1-8-6-9(2)15-13(11(8)12(14)16-17)19-7-10-4-3-5-18-10/h6,10,17H,3-5,7H2,1-2H3,(H2,14,16). The summed E-state index contributed by atoms with van der Waals surface area (Å²) in [5, 5.41) is 11.9. The lowest BCUT2D eigenvalue weighted by Gasteiger charge is -2.15. The number of rotatable bonds is 4. The van der Waals surface area contributed by atoms with E-state index in [4.69, 9.17) is 20.4 Å². The largest absolute Gasteiger partial charge is 0.474 e. The molecule has 19 heavy (non-hydrogen) atoms. The fourth-order valence-electron chi connectivity index (χ4n) is 2.22. The van der Waals surface area contributed by atoms with E-state index in [0.717, 1.165) is 30.7 Å². The van der Waals surface area contributed by atoms with E-state index in [1.165, 1.54) is 0 Å². The van der Waals surface area contributed by atoms with Gasteiger partial charge in [-0.2, -0.15) is 0 Å². The average molecular weight is 265 g/mol. The molecule has 6 nitrogen and oxygen atoms in total. The number of pyridine rings is 1. The smallest absolute Gasteiger partial charge is 0.225 e. The third-order valence-corrected chi connectivity index (χ3v) is 3.11. The fraction of sp³-hybridized carbons (Fsp3) is 0.538. The summed E-state index contributed by atoms with van der Waals surface area (Å²) in [5.74, 6) is 0.399. The van der Waals surface area contributed by atoms with Crippen molar-refractivity contribution in [2.24, 2.45) is 10.9 Å². The van der Waals surface area contributed by atoms with Gasteiger partial charge in [0.15, 0.2) is 5.84 Å². The lowest BCUT2D eigenvalue weighted by Crippen LogP contribution is -2.21. The summed E-state index contributed by atoms with van der Waals surface area (Å²) in [7, 11) is 0. The maximum absolute atomic E-state index is 8.84. The highest BCUT2D eigenvalue weighted by Crippen LogP contribution is 2.22. The van der Waals surface area contributed by atoms with Crippen molar-refractivity contribution in [1.29, 1.82) is 0 Å². The van der Waals surface area contributed by atoms with Crippen molar-refractivity contribution >= 4 is 5.84 Å². The van der Waals surface area contributed by atoms with Crippen molar-refractivity contribution in [1.82, 2.24) is 4.98 Å². The molecule has 3 N–H and O–H groups in total. The van der Waals surface area contributed by atoms with E-state index in [2.05, 4.69) is 10.1 Å². The van der Waals surface area contributed by atoms with Gasteiger partial charge in [0.2, 0.25) is 5.88 Å². The highest BCUT2D eigenvalue weighted by Gasteiger charge is 2.19. The Kier molecular flexibility index (Phi) is 4.21. The van der Waals surface area contributed by atoms with Crippen LogP contribution in [0.4, 0.5) is 0 Å². The minimum absolute atomic E-state index is 0.00680. The van der Waals surface area contributed by atoms with E-state index in [0.29, 0.717) is 18.1 Å². The van der Waals surface area contributed by atoms with Gasteiger partial charge in [-0.05, 0) is 38.3 Å². The summed E-state index contributed by atoms with van der Waals surface area (Å²) < 4.78 is 11.2. The Morgan fingerprint density at radius 1 is 1.63 bits per heavy atom. The van der Waals surface area contributed by atoms with Gasteiger partial charge in [-0.15, -0.1) is 0 Å². The van der Waals surface area contributed by atoms with Crippen molar-refractivity contribution in [3.63, 3.8) is 0 Å². The van der Waals surface area contributed by atoms with Crippen molar-refractivity contribution in [2.75, 3.05) is 13.2 Å². The molecule has 1 unspecified atom stereocenters. The number of nitrogens with two attached hydrogens (primary N) is 1. The Bertz CT molecular complexity index is 482. The number of hydrogen-bond donors (Lipinski definition) is 2. The predicted molar refractivity (Wildman–Crippen MR) is 70.7 cm³/mol. The molecule has 1 aromatic heterocycles. The highest BCUT2D eigenvalue weighted by atomic mass is 16.5. The molecule has 0 bridgehead atoms. The number of nitrogens with zero attached hydrogens (tertiary/aromatic N) is 2. The molecule has 1 atom stereocenters. The summed E-state index contributed by atoms with van der Waals surface area (Å²) in [4.78, 5) is 4.31. The van der Waals surface area contributed by atoms with Gasteiger partial charge in [-0.3, -0.25) is 0 Å². The Labute approximate surface area is 112 Å². The first-order valence-electron chi connectivity index (χ1n) is 6.32. The van der Waals surface area contributed by atoms with Gasteiger partial charge in [0.25, 0.3) is 0 Å². The molecule has 0 spiro atoms. The van der Waals surface area contributed by atoms with Gasteiger partial charge < -0.3 is 20.4 Å². The molecule has 0 aromatic carbocycles. The third-order valence-electron chi connectivity index (χ3n) is 3.11. The molecule has 0 amide bonds. The predicted octanol–water partition coefficient (Wildman–Crippen LogP) is 1.35. The number of oxime groups is 1. The second-order valence-electron chi connectivity index (χ2n) is 4.69. The first-order chi connectivity index (χ1) is 9.11. The van der Waals surface area contributed by atoms with Gasteiger partial charge in [0.1, 0.15) is 6.61 Å². The molecule has 2 heterocycles. The van der Waals surface area contributed by atoms with Gasteiger partial charge in [0.05, 0.1) is 11.7 Å². The minimum Gasteiger partial charge on any atom is -0.474 e. The van der Waals surface area contributed by atoms with E-state index in [-0.39, 0.29) is 11.9 Å². The summed E-state index contributed by atoms with van der Waals surface area (Å²) >= 11 is 0. The van der Waals surface area contributed by atoms with Crippen LogP contribution in [0.15, 0.2) is 11.2 Å². The van der Waals surface area contributed by atoms with Crippen molar-refractivity contribution in [3.8, 4) is 5.88 Å². The monoisotopic (exact) mass is 265 g/mol. The Hall–Kier alpha value is -1.82. The van der Waals surface area contributed by atoms with Crippen LogP contribution >= 0.6 is 0 Å². The van der Waals surface area contributed by atoms with Gasteiger partial charge >= 0.3 is 0 Å². The molecule has 0 aliphatic carbocycles. The van der Waals surface area contributed by atoms with Crippen LogP contribution in [0.3, 0.4) is 0 Å². The Morgan fingerprint density at radius 3 is 3.05 bits per heavy atom. The zero-order chi connectivity index (χ0) is 13.8. The van der Waals surface area contributed by atoms with Crippen molar-refractivity contribution < 1.29 is 14.7 Å². The van der Waals surface area contributed by atoms with Crippen LogP contribution < -0.4 is 10.5 Å². The first kappa shape index (κ1) is 13.6. The number of aryl methyl sites for hydroxylation is 2. The van der Waals surface area contributed by atoms with Crippen LogP contribution in [0, 0.1) is 13.8 Å². The zero-order valence-corrected chi connectivity index (χ0v) is 11.2. The molecular weight excluding hydrogens is 246 g/mol. The van der Waals surface area contributed by atoms with E-state index in [1.807, 2.05) is 19.9 Å². The number of ether oxygens (including phenoxy) is 2. The lowest BCUT2D eigenvalue weighted by atomic mass is 10.1. The van der Waals surface area contributed by atoms with Crippen LogP contribution in [0.5, 0.6) is 5.88 Å². The number of hydrogen-bond acceptors (Lipinski definition) is 5. The quantitative estimate of drug-likeness (QED) is 0.371. The van der Waals surface area contributed by atoms with Crippen molar-refractivity contribution in [3.05, 3.63) is 22.9 Å². The molecule has 1 fully saturated rings. The average Bonchev–Trinajstić information content (AvgIpc) is 2.88. The number of amidine groups is 1. The van der Waals surface area contributed by atoms with Crippen LogP contribution in [-0.4, -0.2) is 35.3 Å². The molecule has 1 aliphatic heterocycles. The summed E-state index contributed by atoms with van der Waals surface area (Å²) in [6.45, 7) is 4.96. The van der Waals surface area contributed by atoms with Crippen LogP contribution in [-0.2, 0) is 4.74 Å². The summed E-state index contributed by atoms with van der Waals surface area (Å²) in [5.41, 5.74) is 7.91. The van der Waals surface area contributed by atoms with Crippen molar-refractivity contribution in [2.45, 2.75) is 32.8 Å². The van der Waals surface area contributed by atoms with E-state index < -0.39 is 0 Å². The minimum atomic E-state index is 0.00680. The highest BCUT2D eigenvalue weighted by molar-refractivity contribution is 6.00. The first-order valence-corrected chi connectivity index (χ1v) is 6.32. The van der Waals surface area contributed by atoms with Crippen LogP contribution in [0.1, 0.15) is 29.7 Å². The maximum Gasteiger partial charge on any atom is 0.225 e. The lowest BCUT2D eigenvalue weighted by molar-refractivity contribution is 0.0662. The van der Waals surface area contributed by atoms with Gasteiger partial charge in [-0.25, -0.2) is 4.98 Å². The second kappa shape index (κ2) is 5.88. The molecule has 0 saturated carbocycles. The molecule has 0 radical (unpaired) electrons. The van der Waals surface area contributed by atoms with Crippen LogP contribution in [0.2, 0.25) is 0 Å². The molecule has 2 rings (SSSR count). The Morgan fingerprint density at radius 2 is 2.42 bits per heavy atom. The molecule has 1 aliphatic rings. The maximum atomic E-state index is 8.84. The fourth-order valence-corrected chi connectivity index (χ4v) is 2.22. The van der Waals surface area contributed by atoms with E-state index in [1.54, 1.807) is 0 Å². The normalized spacial score (nSPS) is 19.7. The molecule has 1 saturated heterocycles. The third kappa shape index (κ3) is 3.14. The van der Waals surface area contributed by atoms with Gasteiger partial charge in [-0.1, -0.05) is 5.16 Å². The van der Waals surface area contributed by atoms with E-state index in [9.17, 15) is 0 Å². The molecule has 1 aromatic rings. The Balaban J connectivity index is 2.21. The molecule has 6 heteroatoms. The number of aromatic nitrogens is 1. The topological polar surface area (TPSA) is 90.0 Å². The summed E-state index contributed by atoms with van der Waals surface area (Å²) in [6, 6.07) is 1.87. The molecule has 104 valence electrons. The second-order valence-corrected chi connectivity index (χ2v) is 4.69. The summed E-state index contributed by atoms with van der Waals surface area (Å²) in [6.07, 6.45) is 2.15. The van der Waals surface area contributed by atoms with E-state index >= 15 is 0 Å². The SMILES string of the molecule is Cc1cc(C)c(/C(N)=N/O)c(OCC2CCCO2)n1. The molecular formula is C13H19N3O3. The zero-order valence-electron chi connectivity index (χ0n) is 11.2. The van der Waals surface area contributed by atoms with Gasteiger partial charge in [0, 0.05) is 12.3 Å².